The van der Waals surface area contributed by atoms with Gasteiger partial charge in [-0.1, -0.05) is 27.7 Å². The molecule has 0 saturated heterocycles. The van der Waals surface area contributed by atoms with Crippen LogP contribution in [0.5, 0.6) is 11.5 Å². The third kappa shape index (κ3) is 7.18. The average molecular weight is 470 g/mol. The van der Waals surface area contributed by atoms with Crippen LogP contribution in [0.2, 0.25) is 0 Å². The number of H-pyrrole nitrogens is 1. The Morgan fingerprint density at radius 1 is 0.645 bits per heavy atom. The van der Waals surface area contributed by atoms with Crippen LogP contribution in [0, 0.1) is 0 Å². The van der Waals surface area contributed by atoms with Crippen LogP contribution in [-0.4, -0.2) is 67.3 Å². The lowest BCUT2D eigenvalue weighted by atomic mass is 10.1. The van der Waals surface area contributed by atoms with Gasteiger partial charge in [-0.05, 0) is 50.4 Å². The lowest BCUT2D eigenvalue weighted by molar-refractivity contribution is 0.223. The third-order valence-electron chi connectivity index (χ3n) is 5.68. The zero-order chi connectivity index (χ0) is 20.6. The van der Waals surface area contributed by atoms with E-state index < -0.39 is 0 Å². The molecule has 1 N–H and O–H groups in total. The smallest absolute Gasteiger partial charge is 0.121 e. The molecule has 1 heterocycles. The van der Waals surface area contributed by atoms with E-state index in [0.717, 1.165) is 61.8 Å². The highest BCUT2D eigenvalue weighted by Gasteiger charge is 2.08. The van der Waals surface area contributed by atoms with Crippen LogP contribution in [0.15, 0.2) is 36.4 Å². The van der Waals surface area contributed by atoms with E-state index in [2.05, 4.69) is 78.9 Å². The Hall–Kier alpha value is -1.66. The molecule has 0 aliphatic heterocycles. The van der Waals surface area contributed by atoms with Gasteiger partial charge in [-0.2, -0.15) is 0 Å². The topological polar surface area (TPSA) is 40.7 Å². The van der Waals surface area contributed by atoms with E-state index in [1.165, 1.54) is 10.8 Å². The highest BCUT2D eigenvalue weighted by molar-refractivity contribution is 6.07. The van der Waals surface area contributed by atoms with Gasteiger partial charge in [0.1, 0.15) is 24.7 Å². The molecule has 174 valence electrons. The molecule has 0 radical (unpaired) electrons. The van der Waals surface area contributed by atoms with Crippen molar-refractivity contribution in [2.75, 3.05) is 52.5 Å². The molecule has 2 aromatic carbocycles. The molecule has 0 amide bonds. The number of nitrogens with one attached hydrogen (secondary N) is 1. The lowest BCUT2D eigenvalue weighted by Crippen LogP contribution is -2.27. The molecule has 3 rings (SSSR count). The Kier molecular flexibility index (Phi) is 12.1. The number of ether oxygens (including phenoxy) is 2. The maximum absolute atomic E-state index is 5.97. The summed E-state index contributed by atoms with van der Waals surface area (Å²) in [5.41, 5.74) is 2.20. The van der Waals surface area contributed by atoms with Crippen LogP contribution in [0.4, 0.5) is 0 Å². The summed E-state index contributed by atoms with van der Waals surface area (Å²) in [5, 5.41) is 2.43. The van der Waals surface area contributed by atoms with Gasteiger partial charge in [0.05, 0.1) is 11.0 Å². The molecule has 0 spiro atoms. The second kappa shape index (κ2) is 13.7. The molecular formula is C24H37Cl2N3O2. The maximum atomic E-state index is 5.97. The van der Waals surface area contributed by atoms with E-state index in [1.54, 1.807) is 0 Å². The van der Waals surface area contributed by atoms with Gasteiger partial charge < -0.3 is 24.3 Å². The predicted octanol–water partition coefficient (Wildman–Crippen LogP) is 5.61. The number of hydrogen-bond donors (Lipinski definition) is 1. The summed E-state index contributed by atoms with van der Waals surface area (Å²) in [6, 6.07) is 12.6. The summed E-state index contributed by atoms with van der Waals surface area (Å²) < 4.78 is 11.9. The summed E-state index contributed by atoms with van der Waals surface area (Å²) in [6.07, 6.45) is 0. The lowest BCUT2D eigenvalue weighted by Gasteiger charge is -2.18. The number of likely N-dealkylation sites (N-methyl/N-ethyl adjacent to an activating group) is 2. The number of fused-ring (bicyclic) bond motifs is 3. The molecule has 0 fully saturated rings. The minimum Gasteiger partial charge on any atom is -0.492 e. The molecule has 0 atom stereocenters. The molecule has 31 heavy (non-hydrogen) atoms. The maximum Gasteiger partial charge on any atom is 0.121 e. The second-order valence-corrected chi connectivity index (χ2v) is 7.29. The fourth-order valence-corrected chi connectivity index (χ4v) is 3.71. The highest BCUT2D eigenvalue weighted by Crippen LogP contribution is 2.30. The number of rotatable bonds is 12. The molecule has 7 heteroatoms. The van der Waals surface area contributed by atoms with Gasteiger partial charge in [0.25, 0.3) is 0 Å². The van der Waals surface area contributed by atoms with E-state index >= 15 is 0 Å². The molecule has 0 saturated carbocycles. The molecule has 3 aromatic rings. The quantitative estimate of drug-likeness (QED) is 0.374. The molecule has 0 aliphatic rings. The van der Waals surface area contributed by atoms with E-state index in [-0.39, 0.29) is 24.8 Å². The number of benzene rings is 2. The van der Waals surface area contributed by atoms with Crippen molar-refractivity contribution in [2.45, 2.75) is 27.7 Å². The first kappa shape index (κ1) is 27.4. The van der Waals surface area contributed by atoms with Crippen molar-refractivity contribution in [2.24, 2.45) is 0 Å². The molecule has 5 nitrogen and oxygen atoms in total. The van der Waals surface area contributed by atoms with E-state index in [1.807, 2.05) is 0 Å². The van der Waals surface area contributed by atoms with Crippen LogP contribution < -0.4 is 9.47 Å². The number of nitrogens with zero attached hydrogens (tertiary/aromatic N) is 2. The highest BCUT2D eigenvalue weighted by atomic mass is 35.5. The van der Waals surface area contributed by atoms with Gasteiger partial charge in [-0.15, -0.1) is 24.8 Å². The first-order chi connectivity index (χ1) is 14.2. The van der Waals surface area contributed by atoms with Crippen molar-refractivity contribution in [1.29, 1.82) is 0 Å². The van der Waals surface area contributed by atoms with Crippen LogP contribution in [0.3, 0.4) is 0 Å². The monoisotopic (exact) mass is 469 g/mol. The minimum atomic E-state index is 0. The van der Waals surface area contributed by atoms with Crippen LogP contribution in [0.25, 0.3) is 21.8 Å². The summed E-state index contributed by atoms with van der Waals surface area (Å²) in [5.74, 6) is 1.82. The van der Waals surface area contributed by atoms with Crippen LogP contribution >= 0.6 is 24.8 Å². The zero-order valence-corrected chi connectivity index (χ0v) is 20.8. The van der Waals surface area contributed by atoms with Crippen molar-refractivity contribution < 1.29 is 9.47 Å². The Bertz CT molecular complexity index is 836. The summed E-state index contributed by atoms with van der Waals surface area (Å²) in [7, 11) is 0. The van der Waals surface area contributed by atoms with Gasteiger partial charge in [0, 0.05) is 36.0 Å². The number of halogens is 2. The van der Waals surface area contributed by atoms with Gasteiger partial charge in [-0.25, -0.2) is 0 Å². The Balaban J connectivity index is 0.00000240. The first-order valence-corrected chi connectivity index (χ1v) is 10.9. The van der Waals surface area contributed by atoms with Crippen molar-refractivity contribution in [1.82, 2.24) is 14.8 Å². The molecule has 0 aliphatic carbocycles. The molecule has 0 unspecified atom stereocenters. The fraction of sp³-hybridized carbons (Fsp3) is 0.500. The SMILES string of the molecule is CCN(CC)CCOc1ccc2c(c1)[nH]c1cc(OCCN(CC)CC)ccc12.Cl.Cl. The normalized spacial score (nSPS) is 11.0. The van der Waals surface area contributed by atoms with Gasteiger partial charge in [0.2, 0.25) is 0 Å². The zero-order valence-electron chi connectivity index (χ0n) is 19.1. The molecule has 0 bridgehead atoms. The fourth-order valence-electron chi connectivity index (χ4n) is 3.71. The second-order valence-electron chi connectivity index (χ2n) is 7.29. The van der Waals surface area contributed by atoms with Gasteiger partial charge in [0.15, 0.2) is 0 Å². The van der Waals surface area contributed by atoms with Crippen molar-refractivity contribution in [3.05, 3.63) is 36.4 Å². The van der Waals surface area contributed by atoms with Gasteiger partial charge >= 0.3 is 0 Å². The minimum absolute atomic E-state index is 0. The van der Waals surface area contributed by atoms with E-state index in [9.17, 15) is 0 Å². The van der Waals surface area contributed by atoms with E-state index in [0.29, 0.717) is 13.2 Å². The summed E-state index contributed by atoms with van der Waals surface area (Å²) >= 11 is 0. The van der Waals surface area contributed by atoms with E-state index in [4.69, 9.17) is 9.47 Å². The Morgan fingerprint density at radius 3 is 1.39 bits per heavy atom. The van der Waals surface area contributed by atoms with Crippen molar-refractivity contribution >= 4 is 46.6 Å². The number of aromatic amines is 1. The van der Waals surface area contributed by atoms with Crippen molar-refractivity contribution in [3.8, 4) is 11.5 Å². The van der Waals surface area contributed by atoms with Gasteiger partial charge in [-0.3, -0.25) is 0 Å². The standard InChI is InChI=1S/C24H35N3O2.2ClH/c1-5-26(6-2)13-15-28-19-9-11-21-22-12-10-20(18-24(22)25-23(21)17-19)29-16-14-27(7-3)8-4;;/h9-12,17-18,25H,5-8,13-16H2,1-4H3;2*1H. The Morgan fingerprint density at radius 2 is 1.03 bits per heavy atom. The first-order valence-electron chi connectivity index (χ1n) is 10.9. The summed E-state index contributed by atoms with van der Waals surface area (Å²) in [6.45, 7) is 16.3. The predicted molar refractivity (Wildman–Crippen MR) is 137 cm³/mol. The molecule has 1 aromatic heterocycles. The average Bonchev–Trinajstić information content (AvgIpc) is 3.11. The number of hydrogen-bond acceptors (Lipinski definition) is 4. The van der Waals surface area contributed by atoms with Crippen LogP contribution in [-0.2, 0) is 0 Å². The number of aromatic nitrogens is 1. The Labute approximate surface area is 198 Å². The van der Waals surface area contributed by atoms with Crippen LogP contribution in [0.1, 0.15) is 27.7 Å². The molecular weight excluding hydrogens is 433 g/mol. The largest absolute Gasteiger partial charge is 0.492 e. The third-order valence-corrected chi connectivity index (χ3v) is 5.68. The van der Waals surface area contributed by atoms with Crippen molar-refractivity contribution in [3.63, 3.8) is 0 Å². The summed E-state index contributed by atoms with van der Waals surface area (Å²) in [4.78, 5) is 8.25.